The lowest BCUT2D eigenvalue weighted by molar-refractivity contribution is 0.868. The summed E-state index contributed by atoms with van der Waals surface area (Å²) in [5.74, 6) is 1.97. The van der Waals surface area contributed by atoms with Gasteiger partial charge in [0.2, 0.25) is 17.8 Å². The quantitative estimate of drug-likeness (QED) is 0.178. The molecule has 4 rings (SSSR count). The fraction of sp³-hybridized carbons (Fsp3) is 0.455. The Hall–Kier alpha value is -4.14. The molecule has 0 spiro atoms. The van der Waals surface area contributed by atoms with E-state index in [-0.39, 0.29) is 0 Å². The number of aryl methyl sites for hydroxylation is 6. The largest absolute Gasteiger partial charge is 0.350 e. The molecule has 4 aromatic rings. The van der Waals surface area contributed by atoms with E-state index >= 15 is 0 Å². The number of nitrogens with zero attached hydrogens (tertiary/aromatic N) is 6. The Morgan fingerprint density at radius 1 is 0.381 bits per heavy atom. The van der Waals surface area contributed by atoms with Gasteiger partial charge in [0.05, 0.1) is 0 Å². The van der Waals surface area contributed by atoms with Crippen molar-refractivity contribution in [3.05, 3.63) is 85.7 Å². The summed E-state index contributed by atoms with van der Waals surface area (Å²) in [5, 5.41) is 10.6. The molecule has 42 heavy (non-hydrogen) atoms. The molecule has 0 amide bonds. The van der Waals surface area contributed by atoms with Gasteiger partial charge >= 0.3 is 0 Å². The Morgan fingerprint density at radius 2 is 0.595 bits per heavy atom. The van der Waals surface area contributed by atoms with Crippen molar-refractivity contribution in [3.63, 3.8) is 0 Å². The Labute approximate surface area is 250 Å². The number of anilines is 3. The average Bonchev–Trinajstić information content (AvgIpc) is 2.91. The zero-order chi connectivity index (χ0) is 30.4. The Kier molecular flexibility index (Phi) is 10.0. The van der Waals surface area contributed by atoms with Gasteiger partial charge < -0.3 is 16.0 Å². The predicted molar refractivity (Wildman–Crippen MR) is 171 cm³/mol. The van der Waals surface area contributed by atoms with Crippen LogP contribution in [0.3, 0.4) is 0 Å². The van der Waals surface area contributed by atoms with E-state index in [1.165, 1.54) is 33.4 Å². The Balaban J connectivity index is 1.81. The number of benzene rings is 1. The van der Waals surface area contributed by atoms with E-state index in [0.717, 1.165) is 53.4 Å². The van der Waals surface area contributed by atoms with Gasteiger partial charge in [-0.2, -0.15) is 0 Å². The highest BCUT2D eigenvalue weighted by molar-refractivity contribution is 5.55. The summed E-state index contributed by atoms with van der Waals surface area (Å²) in [6, 6.07) is 5.98. The lowest BCUT2D eigenvalue weighted by atomic mass is 9.83. The van der Waals surface area contributed by atoms with Crippen molar-refractivity contribution >= 4 is 17.8 Å². The van der Waals surface area contributed by atoms with Crippen molar-refractivity contribution in [1.29, 1.82) is 0 Å². The third-order valence-corrected chi connectivity index (χ3v) is 7.46. The summed E-state index contributed by atoms with van der Waals surface area (Å²) in [4.78, 5) is 27.9. The fourth-order valence-corrected chi connectivity index (χ4v) is 5.93. The molecule has 1 aromatic carbocycles. The molecule has 0 fully saturated rings. The first-order valence-corrected chi connectivity index (χ1v) is 15.0. The number of hydrogen-bond donors (Lipinski definition) is 3. The summed E-state index contributed by atoms with van der Waals surface area (Å²) in [6.07, 6.45) is 2.72. The van der Waals surface area contributed by atoms with Crippen molar-refractivity contribution in [1.82, 2.24) is 29.9 Å². The first-order valence-electron chi connectivity index (χ1n) is 15.0. The van der Waals surface area contributed by atoms with E-state index in [2.05, 4.69) is 66.6 Å². The molecule has 0 saturated carbocycles. The molecule has 0 saturated heterocycles. The fourth-order valence-electron chi connectivity index (χ4n) is 5.93. The van der Waals surface area contributed by atoms with Gasteiger partial charge in [0, 0.05) is 53.8 Å². The lowest BCUT2D eigenvalue weighted by Crippen LogP contribution is -2.20. The van der Waals surface area contributed by atoms with Gasteiger partial charge in [0.1, 0.15) is 0 Å². The van der Waals surface area contributed by atoms with Crippen LogP contribution in [-0.4, -0.2) is 29.9 Å². The highest BCUT2D eigenvalue weighted by Gasteiger charge is 2.22. The number of aromatic nitrogens is 6. The topological polar surface area (TPSA) is 113 Å². The van der Waals surface area contributed by atoms with Gasteiger partial charge in [-0.15, -0.1) is 0 Å². The van der Waals surface area contributed by atoms with Crippen LogP contribution in [0.5, 0.6) is 0 Å². The van der Waals surface area contributed by atoms with E-state index in [4.69, 9.17) is 0 Å². The molecule has 0 bridgehead atoms. The summed E-state index contributed by atoms with van der Waals surface area (Å²) >= 11 is 0. The van der Waals surface area contributed by atoms with E-state index in [0.29, 0.717) is 37.5 Å². The predicted octanol–water partition coefficient (Wildman–Crippen LogP) is 6.43. The maximum Gasteiger partial charge on any atom is 0.223 e. The van der Waals surface area contributed by atoms with Crippen LogP contribution >= 0.6 is 0 Å². The Morgan fingerprint density at radius 3 is 0.786 bits per heavy atom. The van der Waals surface area contributed by atoms with E-state index in [1.807, 2.05) is 59.7 Å². The second-order valence-corrected chi connectivity index (χ2v) is 10.9. The standard InChI is InChI=1S/C33H45N9/c1-10-25-28(16-34-31-37-19(4)13-20(5)38-31)26(11-2)30(18-36-33-41-23(8)15-24(9)42-33)27(12-3)29(25)17-35-32-39-21(6)14-22(7)40-32/h13-15H,10-12,16-18H2,1-9H3,(H,34,37,38)(H,35,39,40)(H,36,41,42). The molecule has 0 unspecified atom stereocenters. The third kappa shape index (κ3) is 7.38. The highest BCUT2D eigenvalue weighted by atomic mass is 15.1. The molecule has 9 heteroatoms. The van der Waals surface area contributed by atoms with Crippen molar-refractivity contribution in [2.45, 2.75) is 101 Å². The summed E-state index contributed by atoms with van der Waals surface area (Å²) in [5.41, 5.74) is 13.7. The maximum absolute atomic E-state index is 4.64. The van der Waals surface area contributed by atoms with Crippen molar-refractivity contribution in [2.24, 2.45) is 0 Å². The van der Waals surface area contributed by atoms with Crippen molar-refractivity contribution in [2.75, 3.05) is 16.0 Å². The molecular weight excluding hydrogens is 522 g/mol. The molecular formula is C33H45N9. The van der Waals surface area contributed by atoms with Crippen LogP contribution in [0.4, 0.5) is 17.8 Å². The smallest absolute Gasteiger partial charge is 0.223 e. The van der Waals surface area contributed by atoms with Gasteiger partial charge in [-0.25, -0.2) is 29.9 Å². The number of hydrogen-bond acceptors (Lipinski definition) is 9. The second kappa shape index (κ2) is 13.7. The zero-order valence-corrected chi connectivity index (χ0v) is 26.7. The lowest BCUT2D eigenvalue weighted by Gasteiger charge is -2.27. The van der Waals surface area contributed by atoms with Gasteiger partial charge in [0.25, 0.3) is 0 Å². The first kappa shape index (κ1) is 30.8. The van der Waals surface area contributed by atoms with E-state index in [9.17, 15) is 0 Å². The van der Waals surface area contributed by atoms with Gasteiger partial charge in [-0.3, -0.25) is 0 Å². The first-order chi connectivity index (χ1) is 20.1. The molecule has 3 aromatic heterocycles. The maximum atomic E-state index is 4.64. The van der Waals surface area contributed by atoms with Crippen LogP contribution < -0.4 is 16.0 Å². The number of nitrogens with one attached hydrogen (secondary N) is 3. The van der Waals surface area contributed by atoms with E-state index in [1.54, 1.807) is 0 Å². The van der Waals surface area contributed by atoms with Gasteiger partial charge in [0.15, 0.2) is 0 Å². The Bertz CT molecular complexity index is 1300. The number of rotatable bonds is 12. The molecule has 0 atom stereocenters. The highest BCUT2D eigenvalue weighted by Crippen LogP contribution is 2.32. The van der Waals surface area contributed by atoms with Crippen LogP contribution in [0, 0.1) is 41.5 Å². The van der Waals surface area contributed by atoms with Crippen molar-refractivity contribution < 1.29 is 0 Å². The normalized spacial score (nSPS) is 11.1. The van der Waals surface area contributed by atoms with Crippen molar-refractivity contribution in [3.8, 4) is 0 Å². The molecule has 3 N–H and O–H groups in total. The zero-order valence-electron chi connectivity index (χ0n) is 26.7. The minimum Gasteiger partial charge on any atom is -0.350 e. The molecule has 0 radical (unpaired) electrons. The molecule has 3 heterocycles. The molecule has 222 valence electrons. The summed E-state index contributed by atoms with van der Waals surface area (Å²) in [6.45, 7) is 20.6. The van der Waals surface area contributed by atoms with Crippen LogP contribution in [0.15, 0.2) is 18.2 Å². The molecule has 0 aliphatic rings. The van der Waals surface area contributed by atoms with Crippen LogP contribution in [0.2, 0.25) is 0 Å². The van der Waals surface area contributed by atoms with Crippen LogP contribution in [0.25, 0.3) is 0 Å². The van der Waals surface area contributed by atoms with Crippen LogP contribution in [0.1, 0.15) is 88.3 Å². The van der Waals surface area contributed by atoms with Gasteiger partial charge in [-0.1, -0.05) is 20.8 Å². The summed E-state index contributed by atoms with van der Waals surface area (Å²) in [7, 11) is 0. The SMILES string of the molecule is CCc1c(CNc2nc(C)cc(C)n2)c(CC)c(CNc2nc(C)cc(C)n2)c(CC)c1CNc1nc(C)cc(C)n1. The van der Waals surface area contributed by atoms with Gasteiger partial charge in [-0.05, 0) is 112 Å². The third-order valence-electron chi connectivity index (χ3n) is 7.46. The monoisotopic (exact) mass is 567 g/mol. The molecule has 9 nitrogen and oxygen atoms in total. The minimum absolute atomic E-state index is 0.638. The average molecular weight is 568 g/mol. The second-order valence-electron chi connectivity index (χ2n) is 10.9. The summed E-state index contributed by atoms with van der Waals surface area (Å²) < 4.78 is 0. The van der Waals surface area contributed by atoms with E-state index < -0.39 is 0 Å². The minimum atomic E-state index is 0.638. The van der Waals surface area contributed by atoms with Crippen LogP contribution in [-0.2, 0) is 38.9 Å². The molecule has 0 aliphatic carbocycles. The molecule has 0 aliphatic heterocycles.